The number of carbonyl (C=O) groups excluding carboxylic acids is 2. The summed E-state index contributed by atoms with van der Waals surface area (Å²) in [5.41, 5.74) is 0.277. The molecule has 8 heteroatoms. The van der Waals surface area contributed by atoms with Gasteiger partial charge in [0.25, 0.3) is 11.6 Å². The van der Waals surface area contributed by atoms with Crippen LogP contribution < -0.4 is 5.32 Å². The second-order valence-electron chi connectivity index (χ2n) is 5.06. The SMILES string of the molecule is CC(C)CCC(=O)OCC(=O)Nc1ccc([N+](=O)[O-])cc1Br. The van der Waals surface area contributed by atoms with Gasteiger partial charge in [-0.15, -0.1) is 0 Å². The minimum Gasteiger partial charge on any atom is -0.456 e. The van der Waals surface area contributed by atoms with E-state index in [1.165, 1.54) is 18.2 Å². The fraction of sp³-hybridized carbons (Fsp3) is 0.429. The zero-order valence-electron chi connectivity index (χ0n) is 12.3. The van der Waals surface area contributed by atoms with Crippen LogP contribution in [0.3, 0.4) is 0 Å². The minimum absolute atomic E-state index is 0.0926. The van der Waals surface area contributed by atoms with Crippen molar-refractivity contribution in [2.24, 2.45) is 5.92 Å². The molecular formula is C14H17BrN2O5. The van der Waals surface area contributed by atoms with Gasteiger partial charge in [-0.2, -0.15) is 0 Å². The van der Waals surface area contributed by atoms with Gasteiger partial charge in [-0.1, -0.05) is 13.8 Å². The lowest BCUT2D eigenvalue weighted by Crippen LogP contribution is -2.21. The van der Waals surface area contributed by atoms with Crippen molar-refractivity contribution in [2.75, 3.05) is 11.9 Å². The van der Waals surface area contributed by atoms with Crippen LogP contribution in [0.5, 0.6) is 0 Å². The van der Waals surface area contributed by atoms with E-state index in [-0.39, 0.29) is 18.7 Å². The zero-order valence-corrected chi connectivity index (χ0v) is 13.9. The number of nitrogens with zero attached hydrogens (tertiary/aromatic N) is 1. The molecule has 0 aliphatic heterocycles. The number of hydrogen-bond acceptors (Lipinski definition) is 5. The maximum Gasteiger partial charge on any atom is 0.306 e. The molecule has 1 aromatic rings. The van der Waals surface area contributed by atoms with Crippen LogP contribution in [0.2, 0.25) is 0 Å². The van der Waals surface area contributed by atoms with E-state index in [2.05, 4.69) is 21.2 Å². The van der Waals surface area contributed by atoms with Crippen molar-refractivity contribution in [3.8, 4) is 0 Å². The average molecular weight is 373 g/mol. The smallest absolute Gasteiger partial charge is 0.306 e. The molecule has 22 heavy (non-hydrogen) atoms. The Morgan fingerprint density at radius 3 is 2.64 bits per heavy atom. The molecule has 7 nitrogen and oxygen atoms in total. The quantitative estimate of drug-likeness (QED) is 0.449. The van der Waals surface area contributed by atoms with E-state index in [0.29, 0.717) is 22.5 Å². The van der Waals surface area contributed by atoms with Crippen molar-refractivity contribution in [3.63, 3.8) is 0 Å². The first-order chi connectivity index (χ1) is 10.3. The highest BCUT2D eigenvalue weighted by molar-refractivity contribution is 9.10. The summed E-state index contributed by atoms with van der Waals surface area (Å²) in [6.45, 7) is 3.60. The third-order valence-corrected chi connectivity index (χ3v) is 3.38. The Kier molecular flexibility index (Phi) is 6.97. The predicted octanol–water partition coefficient (Wildman–Crippen LogP) is 3.28. The molecule has 1 amide bonds. The maximum absolute atomic E-state index is 11.7. The molecule has 0 saturated carbocycles. The zero-order chi connectivity index (χ0) is 16.7. The van der Waals surface area contributed by atoms with Crippen LogP contribution in [0, 0.1) is 16.0 Å². The maximum atomic E-state index is 11.7. The van der Waals surface area contributed by atoms with Gasteiger partial charge in [0, 0.05) is 23.0 Å². The Bertz CT molecular complexity index is 574. The first-order valence-corrected chi connectivity index (χ1v) is 7.48. The van der Waals surface area contributed by atoms with Crippen LogP contribution in [0.25, 0.3) is 0 Å². The number of nitro groups is 1. The molecule has 0 aliphatic carbocycles. The number of anilines is 1. The number of nitro benzene ring substituents is 1. The Hall–Kier alpha value is -1.96. The molecule has 0 saturated heterocycles. The lowest BCUT2D eigenvalue weighted by Gasteiger charge is -2.08. The van der Waals surface area contributed by atoms with Crippen LogP contribution in [0.1, 0.15) is 26.7 Å². The number of nitrogens with one attached hydrogen (secondary N) is 1. The third-order valence-electron chi connectivity index (χ3n) is 2.73. The molecule has 120 valence electrons. The Morgan fingerprint density at radius 1 is 1.41 bits per heavy atom. The molecule has 0 spiro atoms. The van der Waals surface area contributed by atoms with Crippen molar-refractivity contribution in [1.82, 2.24) is 0 Å². The van der Waals surface area contributed by atoms with Crippen LogP contribution >= 0.6 is 15.9 Å². The van der Waals surface area contributed by atoms with Gasteiger partial charge in [-0.3, -0.25) is 19.7 Å². The van der Waals surface area contributed by atoms with Crippen molar-refractivity contribution in [1.29, 1.82) is 0 Å². The van der Waals surface area contributed by atoms with Crippen molar-refractivity contribution < 1.29 is 19.2 Å². The average Bonchev–Trinajstić information content (AvgIpc) is 2.44. The molecular weight excluding hydrogens is 356 g/mol. The summed E-state index contributed by atoms with van der Waals surface area (Å²) in [6, 6.07) is 3.96. The minimum atomic E-state index is -0.535. The number of hydrogen-bond donors (Lipinski definition) is 1. The Morgan fingerprint density at radius 2 is 2.09 bits per heavy atom. The largest absolute Gasteiger partial charge is 0.456 e. The van der Waals surface area contributed by atoms with Gasteiger partial charge in [-0.05, 0) is 34.3 Å². The highest BCUT2D eigenvalue weighted by atomic mass is 79.9. The first-order valence-electron chi connectivity index (χ1n) is 6.69. The van der Waals surface area contributed by atoms with Crippen LogP contribution in [-0.4, -0.2) is 23.4 Å². The molecule has 0 atom stereocenters. The molecule has 0 aromatic heterocycles. The number of carbonyl (C=O) groups is 2. The number of halogens is 1. The molecule has 1 rings (SSSR count). The second-order valence-corrected chi connectivity index (χ2v) is 5.92. The number of amides is 1. The second kappa shape index (κ2) is 8.47. The Labute approximate surface area is 136 Å². The lowest BCUT2D eigenvalue weighted by atomic mass is 10.1. The standard InChI is InChI=1S/C14H17BrN2O5/c1-9(2)3-6-14(19)22-8-13(18)16-12-5-4-10(17(20)21)7-11(12)15/h4-5,7,9H,3,6,8H2,1-2H3,(H,16,18). The van der Waals surface area contributed by atoms with Gasteiger partial charge in [-0.25, -0.2) is 0 Å². The summed E-state index contributed by atoms with van der Waals surface area (Å²) in [7, 11) is 0. The lowest BCUT2D eigenvalue weighted by molar-refractivity contribution is -0.384. The van der Waals surface area contributed by atoms with Gasteiger partial charge >= 0.3 is 5.97 Å². The van der Waals surface area contributed by atoms with E-state index in [9.17, 15) is 19.7 Å². The van der Waals surface area contributed by atoms with Gasteiger partial charge in [0.2, 0.25) is 0 Å². The number of benzene rings is 1. The number of esters is 1. The number of rotatable bonds is 7. The van der Waals surface area contributed by atoms with Gasteiger partial charge in [0.15, 0.2) is 6.61 Å². The summed E-state index contributed by atoms with van der Waals surface area (Å²) in [4.78, 5) is 33.2. The van der Waals surface area contributed by atoms with Crippen molar-refractivity contribution in [3.05, 3.63) is 32.8 Å². The summed E-state index contributed by atoms with van der Waals surface area (Å²) in [6.07, 6.45) is 0.973. The van der Waals surface area contributed by atoms with Crippen LogP contribution in [0.15, 0.2) is 22.7 Å². The summed E-state index contributed by atoms with van der Waals surface area (Å²) in [5, 5.41) is 13.1. The van der Waals surface area contributed by atoms with Gasteiger partial charge in [0.1, 0.15) is 0 Å². The summed E-state index contributed by atoms with van der Waals surface area (Å²) >= 11 is 3.14. The van der Waals surface area contributed by atoms with E-state index < -0.39 is 16.8 Å². The van der Waals surface area contributed by atoms with Gasteiger partial charge < -0.3 is 10.1 Å². The van der Waals surface area contributed by atoms with E-state index in [0.717, 1.165) is 0 Å². The van der Waals surface area contributed by atoms with Gasteiger partial charge in [0.05, 0.1) is 10.6 Å². The highest BCUT2D eigenvalue weighted by Gasteiger charge is 2.13. The molecule has 0 bridgehead atoms. The van der Waals surface area contributed by atoms with E-state index >= 15 is 0 Å². The molecule has 0 radical (unpaired) electrons. The van der Waals surface area contributed by atoms with Crippen LogP contribution in [0.4, 0.5) is 11.4 Å². The van der Waals surface area contributed by atoms with E-state index in [1.807, 2.05) is 13.8 Å². The molecule has 0 heterocycles. The fourth-order valence-corrected chi connectivity index (χ4v) is 2.00. The number of ether oxygens (including phenoxy) is 1. The number of non-ortho nitro benzene ring substituents is 1. The topological polar surface area (TPSA) is 98.5 Å². The first kappa shape index (κ1) is 18.1. The fourth-order valence-electron chi connectivity index (χ4n) is 1.53. The third kappa shape index (κ3) is 6.21. The Balaban J connectivity index is 2.48. The summed E-state index contributed by atoms with van der Waals surface area (Å²) < 4.78 is 5.23. The van der Waals surface area contributed by atoms with Crippen molar-refractivity contribution >= 4 is 39.2 Å². The highest BCUT2D eigenvalue weighted by Crippen LogP contribution is 2.26. The molecule has 0 aliphatic rings. The normalized spacial score (nSPS) is 10.4. The molecule has 1 N–H and O–H groups in total. The van der Waals surface area contributed by atoms with Crippen LogP contribution in [-0.2, 0) is 14.3 Å². The monoisotopic (exact) mass is 372 g/mol. The molecule has 0 fully saturated rings. The predicted molar refractivity (Wildman–Crippen MR) is 84.5 cm³/mol. The molecule has 0 unspecified atom stereocenters. The van der Waals surface area contributed by atoms with E-state index in [4.69, 9.17) is 4.74 Å². The van der Waals surface area contributed by atoms with E-state index in [1.54, 1.807) is 0 Å². The van der Waals surface area contributed by atoms with Crippen molar-refractivity contribution in [2.45, 2.75) is 26.7 Å². The molecule has 1 aromatic carbocycles. The summed E-state index contributed by atoms with van der Waals surface area (Å²) in [5.74, 6) is -0.545.